The summed E-state index contributed by atoms with van der Waals surface area (Å²) in [6.45, 7) is 4.31. The molecule has 0 unspecified atom stereocenters. The van der Waals surface area contributed by atoms with Crippen LogP contribution in [0.5, 0.6) is 0 Å². The standard InChI is InChI=1S/C22H23F2N5O/c1-14-20(15(2)29(3)28-14)11-12-25-22(26-19-6-4-5-18(24)13-19)27-21(30)16-7-9-17(23)10-8-16/h4-10,13H,11-12H2,1-3H3,(H2,25,26,27,30). The van der Waals surface area contributed by atoms with E-state index < -0.39 is 17.5 Å². The number of aromatic nitrogens is 2. The van der Waals surface area contributed by atoms with Crippen molar-refractivity contribution in [1.82, 2.24) is 15.1 Å². The van der Waals surface area contributed by atoms with Gasteiger partial charge >= 0.3 is 0 Å². The van der Waals surface area contributed by atoms with Crippen molar-refractivity contribution < 1.29 is 13.6 Å². The highest BCUT2D eigenvalue weighted by molar-refractivity contribution is 6.09. The molecule has 0 bridgehead atoms. The van der Waals surface area contributed by atoms with Gasteiger partial charge in [-0.1, -0.05) is 6.07 Å². The number of aliphatic imine (C=N–C) groups is 1. The van der Waals surface area contributed by atoms with Crippen LogP contribution in [0.25, 0.3) is 0 Å². The van der Waals surface area contributed by atoms with Crippen molar-refractivity contribution in [2.75, 3.05) is 11.9 Å². The van der Waals surface area contributed by atoms with Gasteiger partial charge in [-0.15, -0.1) is 0 Å². The van der Waals surface area contributed by atoms with Gasteiger partial charge in [0.15, 0.2) is 0 Å². The molecule has 3 rings (SSSR count). The van der Waals surface area contributed by atoms with Crippen molar-refractivity contribution >= 4 is 17.6 Å². The lowest BCUT2D eigenvalue weighted by molar-refractivity contribution is 0.0977. The molecule has 2 N–H and O–H groups in total. The van der Waals surface area contributed by atoms with Gasteiger partial charge in [0.2, 0.25) is 5.96 Å². The van der Waals surface area contributed by atoms with Gasteiger partial charge in [0.05, 0.1) is 5.69 Å². The molecule has 8 heteroatoms. The fourth-order valence-electron chi connectivity index (χ4n) is 3.05. The Balaban J connectivity index is 1.78. The van der Waals surface area contributed by atoms with Gasteiger partial charge in [0, 0.05) is 30.5 Å². The van der Waals surface area contributed by atoms with E-state index in [1.165, 1.54) is 36.4 Å². The van der Waals surface area contributed by atoms with Crippen molar-refractivity contribution in [2.24, 2.45) is 12.0 Å². The van der Waals surface area contributed by atoms with Crippen LogP contribution in [0.2, 0.25) is 0 Å². The third-order valence-electron chi connectivity index (χ3n) is 4.72. The van der Waals surface area contributed by atoms with E-state index in [-0.39, 0.29) is 11.5 Å². The third-order valence-corrected chi connectivity index (χ3v) is 4.72. The number of hydrogen-bond acceptors (Lipinski definition) is 3. The predicted octanol–water partition coefficient (Wildman–Crippen LogP) is 3.76. The Labute approximate surface area is 173 Å². The SMILES string of the molecule is Cc1nn(C)c(C)c1CCN=C(NC(=O)c1ccc(F)cc1)Nc1cccc(F)c1. The molecule has 30 heavy (non-hydrogen) atoms. The number of guanidine groups is 1. The quantitative estimate of drug-likeness (QED) is 0.496. The van der Waals surface area contributed by atoms with Gasteiger partial charge in [-0.3, -0.25) is 19.8 Å². The van der Waals surface area contributed by atoms with Crippen LogP contribution in [0.4, 0.5) is 14.5 Å². The zero-order valence-electron chi connectivity index (χ0n) is 17.0. The van der Waals surface area contributed by atoms with Crippen molar-refractivity contribution in [3.05, 3.63) is 82.7 Å². The first-order valence-electron chi connectivity index (χ1n) is 9.46. The largest absolute Gasteiger partial charge is 0.326 e. The molecule has 0 saturated heterocycles. The van der Waals surface area contributed by atoms with Crippen molar-refractivity contribution in [1.29, 1.82) is 0 Å². The van der Waals surface area contributed by atoms with E-state index in [0.717, 1.165) is 17.0 Å². The third kappa shape index (κ3) is 5.28. The molecule has 0 fully saturated rings. The summed E-state index contributed by atoms with van der Waals surface area (Å²) in [5.74, 6) is -1.12. The zero-order valence-corrected chi connectivity index (χ0v) is 17.0. The zero-order chi connectivity index (χ0) is 21.7. The molecule has 0 spiro atoms. The first kappa shape index (κ1) is 21.2. The Morgan fingerprint density at radius 2 is 1.83 bits per heavy atom. The number of carbonyl (C=O) groups excluding carboxylic acids is 1. The van der Waals surface area contributed by atoms with E-state index >= 15 is 0 Å². The number of carbonyl (C=O) groups is 1. The topological polar surface area (TPSA) is 71.3 Å². The van der Waals surface area contributed by atoms with Crippen LogP contribution in [0.3, 0.4) is 0 Å². The second kappa shape index (κ2) is 9.30. The average molecular weight is 411 g/mol. The Morgan fingerprint density at radius 3 is 2.47 bits per heavy atom. The van der Waals surface area contributed by atoms with Crippen LogP contribution in [-0.4, -0.2) is 28.2 Å². The molecule has 1 amide bonds. The molecule has 0 aliphatic rings. The highest BCUT2D eigenvalue weighted by Crippen LogP contribution is 2.13. The second-order valence-electron chi connectivity index (χ2n) is 6.85. The van der Waals surface area contributed by atoms with Crippen LogP contribution in [0.15, 0.2) is 53.5 Å². The lowest BCUT2D eigenvalue weighted by Crippen LogP contribution is -2.36. The molecule has 1 heterocycles. The normalized spacial score (nSPS) is 11.4. The number of hydrogen-bond donors (Lipinski definition) is 2. The number of benzene rings is 2. The molecule has 156 valence electrons. The Morgan fingerprint density at radius 1 is 1.10 bits per heavy atom. The highest BCUT2D eigenvalue weighted by Gasteiger charge is 2.12. The molecular formula is C22H23F2N5O. The van der Waals surface area contributed by atoms with E-state index in [1.807, 2.05) is 25.6 Å². The summed E-state index contributed by atoms with van der Waals surface area (Å²) in [4.78, 5) is 17.0. The van der Waals surface area contributed by atoms with Crippen molar-refractivity contribution in [2.45, 2.75) is 20.3 Å². The molecule has 2 aromatic carbocycles. The maximum Gasteiger partial charge on any atom is 0.257 e. The molecular weight excluding hydrogens is 388 g/mol. The first-order valence-corrected chi connectivity index (χ1v) is 9.46. The Kier molecular flexibility index (Phi) is 6.56. The van der Waals surface area contributed by atoms with E-state index in [4.69, 9.17) is 0 Å². The first-order chi connectivity index (χ1) is 14.3. The van der Waals surface area contributed by atoms with Crippen LogP contribution >= 0.6 is 0 Å². The lowest BCUT2D eigenvalue weighted by Gasteiger charge is -2.12. The lowest BCUT2D eigenvalue weighted by atomic mass is 10.1. The summed E-state index contributed by atoms with van der Waals surface area (Å²) < 4.78 is 28.5. The minimum atomic E-state index is -0.452. The molecule has 6 nitrogen and oxygen atoms in total. The molecule has 0 aliphatic carbocycles. The number of rotatable bonds is 5. The maximum atomic E-state index is 13.5. The summed E-state index contributed by atoms with van der Waals surface area (Å²) >= 11 is 0. The molecule has 1 aromatic heterocycles. The summed E-state index contributed by atoms with van der Waals surface area (Å²) in [5, 5.41) is 10.0. The minimum absolute atomic E-state index is 0.175. The fourth-order valence-corrected chi connectivity index (χ4v) is 3.05. The summed E-state index contributed by atoms with van der Waals surface area (Å²) in [6, 6.07) is 11.0. The van der Waals surface area contributed by atoms with Crippen molar-refractivity contribution in [3.63, 3.8) is 0 Å². The molecule has 0 aliphatic heterocycles. The predicted molar refractivity (Wildman–Crippen MR) is 113 cm³/mol. The number of nitrogens with one attached hydrogen (secondary N) is 2. The van der Waals surface area contributed by atoms with Crippen LogP contribution in [-0.2, 0) is 13.5 Å². The number of nitrogens with zero attached hydrogens (tertiary/aromatic N) is 3. The van der Waals surface area contributed by atoms with Gasteiger partial charge in [-0.2, -0.15) is 5.10 Å². The van der Waals surface area contributed by atoms with Crippen LogP contribution < -0.4 is 10.6 Å². The molecule has 0 radical (unpaired) electrons. The Bertz CT molecular complexity index is 1070. The van der Waals surface area contributed by atoms with E-state index in [2.05, 4.69) is 20.7 Å². The number of amides is 1. The van der Waals surface area contributed by atoms with Gasteiger partial charge in [-0.25, -0.2) is 8.78 Å². The van der Waals surface area contributed by atoms with Gasteiger partial charge in [-0.05, 0) is 68.3 Å². The van der Waals surface area contributed by atoms with Crippen LogP contribution in [0, 0.1) is 25.5 Å². The number of anilines is 1. The maximum absolute atomic E-state index is 13.5. The van der Waals surface area contributed by atoms with Gasteiger partial charge in [0.1, 0.15) is 11.6 Å². The smallest absolute Gasteiger partial charge is 0.257 e. The van der Waals surface area contributed by atoms with E-state index in [1.54, 1.807) is 12.1 Å². The van der Waals surface area contributed by atoms with Gasteiger partial charge < -0.3 is 5.32 Å². The number of aryl methyl sites for hydroxylation is 2. The van der Waals surface area contributed by atoms with E-state index in [9.17, 15) is 13.6 Å². The second-order valence-corrected chi connectivity index (χ2v) is 6.85. The summed E-state index contributed by atoms with van der Waals surface area (Å²) in [7, 11) is 1.88. The van der Waals surface area contributed by atoms with Crippen molar-refractivity contribution in [3.8, 4) is 0 Å². The average Bonchev–Trinajstić information content (AvgIpc) is 2.94. The molecule has 0 saturated carbocycles. The highest BCUT2D eigenvalue weighted by atomic mass is 19.1. The number of halogens is 2. The summed E-state index contributed by atoms with van der Waals surface area (Å²) in [6.07, 6.45) is 0.631. The monoisotopic (exact) mass is 411 g/mol. The fraction of sp³-hybridized carbons (Fsp3) is 0.227. The minimum Gasteiger partial charge on any atom is -0.326 e. The van der Waals surface area contributed by atoms with Crippen LogP contribution in [0.1, 0.15) is 27.3 Å². The molecule has 0 atom stereocenters. The molecule has 3 aromatic rings. The van der Waals surface area contributed by atoms with Gasteiger partial charge in [0.25, 0.3) is 5.91 Å². The Hall–Kier alpha value is -3.55. The van der Waals surface area contributed by atoms with E-state index in [0.29, 0.717) is 18.7 Å². The summed E-state index contributed by atoms with van der Waals surface area (Å²) in [5.41, 5.74) is 3.81.